The summed E-state index contributed by atoms with van der Waals surface area (Å²) in [4.78, 5) is 3.40. The van der Waals surface area contributed by atoms with Gasteiger partial charge in [-0.1, -0.05) is 80.8 Å². The zero-order valence-corrected chi connectivity index (χ0v) is 14.5. The Morgan fingerprint density at radius 1 is 0.960 bits per heavy atom. The summed E-state index contributed by atoms with van der Waals surface area (Å²) in [6.45, 7) is 2.14. The van der Waals surface area contributed by atoms with E-state index in [9.17, 15) is 8.78 Å². The molecular weight excluding hydrogens is 316 g/mol. The largest absolute Gasteiger partial charge is 0.219 e. The Morgan fingerprint density at radius 2 is 1.68 bits per heavy atom. The number of halogens is 2. The number of pyridine rings is 1. The third-order valence-corrected chi connectivity index (χ3v) is 4.90. The van der Waals surface area contributed by atoms with Gasteiger partial charge in [0.1, 0.15) is 0 Å². The van der Waals surface area contributed by atoms with Crippen molar-refractivity contribution in [3.8, 4) is 0 Å². The van der Waals surface area contributed by atoms with E-state index in [-0.39, 0.29) is 5.92 Å². The fraction of sp³-hybridized carbons (Fsp3) is 0.318. The summed E-state index contributed by atoms with van der Waals surface area (Å²) in [5, 5.41) is 0. The second-order valence-electron chi connectivity index (χ2n) is 6.62. The van der Waals surface area contributed by atoms with Crippen LogP contribution in [0, 0.1) is 11.9 Å². The van der Waals surface area contributed by atoms with Crippen LogP contribution in [0.25, 0.3) is 0 Å². The van der Waals surface area contributed by atoms with Crippen LogP contribution in [0.1, 0.15) is 49.7 Å². The number of allylic oxidation sites excluding steroid dienone is 4. The van der Waals surface area contributed by atoms with Crippen LogP contribution in [0.3, 0.4) is 0 Å². The van der Waals surface area contributed by atoms with Crippen LogP contribution in [0.5, 0.6) is 0 Å². The highest BCUT2D eigenvalue weighted by Crippen LogP contribution is 2.39. The van der Waals surface area contributed by atoms with Crippen LogP contribution >= 0.6 is 0 Å². The maximum atomic E-state index is 14.4. The molecule has 1 heterocycles. The predicted octanol–water partition coefficient (Wildman–Crippen LogP) is 6.09. The van der Waals surface area contributed by atoms with E-state index < -0.39 is 17.3 Å². The van der Waals surface area contributed by atoms with Crippen LogP contribution in [-0.2, 0) is 5.41 Å². The first-order valence-electron chi connectivity index (χ1n) is 8.91. The Hall–Kier alpha value is -2.29. The average molecular weight is 339 g/mol. The minimum atomic E-state index is -0.782. The molecule has 0 N–H and O–H groups in total. The fourth-order valence-corrected chi connectivity index (χ4v) is 3.48. The molecule has 0 saturated carbocycles. The van der Waals surface area contributed by atoms with Crippen LogP contribution in [0.4, 0.5) is 8.78 Å². The van der Waals surface area contributed by atoms with Crippen molar-refractivity contribution in [2.24, 2.45) is 0 Å². The lowest BCUT2D eigenvalue weighted by atomic mass is 9.72. The van der Waals surface area contributed by atoms with Gasteiger partial charge in [-0.15, -0.1) is 0 Å². The molecule has 1 aliphatic carbocycles. The lowest BCUT2D eigenvalue weighted by Crippen LogP contribution is -2.25. The van der Waals surface area contributed by atoms with Gasteiger partial charge in [-0.2, -0.15) is 13.8 Å². The van der Waals surface area contributed by atoms with Crippen molar-refractivity contribution in [3.05, 3.63) is 89.8 Å². The molecule has 130 valence electrons. The minimum absolute atomic E-state index is 0.178. The third-order valence-electron chi connectivity index (χ3n) is 4.90. The Kier molecular flexibility index (Phi) is 5.42. The SMILES string of the molecule is CCCCCC1(c2ccc(F)nc2F)C=CC(c2ccccc2)C=C1. The Balaban J connectivity index is 1.93. The predicted molar refractivity (Wildman–Crippen MR) is 97.4 cm³/mol. The van der Waals surface area contributed by atoms with Crippen LogP contribution in [-0.4, -0.2) is 4.98 Å². The summed E-state index contributed by atoms with van der Waals surface area (Å²) < 4.78 is 27.6. The summed E-state index contributed by atoms with van der Waals surface area (Å²) >= 11 is 0. The zero-order valence-electron chi connectivity index (χ0n) is 14.5. The van der Waals surface area contributed by atoms with Gasteiger partial charge in [0.05, 0.1) is 0 Å². The van der Waals surface area contributed by atoms with Crippen molar-refractivity contribution in [2.75, 3.05) is 0 Å². The van der Waals surface area contributed by atoms with Gasteiger partial charge >= 0.3 is 0 Å². The summed E-state index contributed by atoms with van der Waals surface area (Å²) in [5.41, 5.74) is 1.10. The standard InChI is InChI=1S/C22H23F2N/c1-2-3-7-14-22(19-10-11-20(23)25-21(19)24)15-12-18(13-16-22)17-8-5-4-6-9-17/h4-6,8-13,15-16,18H,2-3,7,14H2,1H3. The normalized spacial score (nSPS) is 22.3. The van der Waals surface area contributed by atoms with E-state index in [0.29, 0.717) is 5.56 Å². The molecule has 1 aromatic heterocycles. The zero-order chi connectivity index (χ0) is 17.7. The van der Waals surface area contributed by atoms with Gasteiger partial charge in [0, 0.05) is 16.9 Å². The van der Waals surface area contributed by atoms with Gasteiger partial charge in [-0.05, 0) is 24.1 Å². The lowest BCUT2D eigenvalue weighted by molar-refractivity contribution is 0.463. The maximum absolute atomic E-state index is 14.4. The van der Waals surface area contributed by atoms with Crippen molar-refractivity contribution >= 4 is 0 Å². The number of benzene rings is 1. The summed E-state index contributed by atoms with van der Waals surface area (Å²) in [5.74, 6) is -1.32. The molecule has 0 bridgehead atoms. The van der Waals surface area contributed by atoms with Crippen LogP contribution < -0.4 is 0 Å². The molecule has 2 aromatic rings. The molecule has 0 spiro atoms. The van der Waals surface area contributed by atoms with E-state index in [2.05, 4.69) is 48.3 Å². The van der Waals surface area contributed by atoms with Crippen molar-refractivity contribution in [1.82, 2.24) is 4.98 Å². The molecule has 25 heavy (non-hydrogen) atoms. The summed E-state index contributed by atoms with van der Waals surface area (Å²) in [7, 11) is 0. The molecule has 0 amide bonds. The minimum Gasteiger partial charge on any atom is -0.190 e. The molecule has 0 saturated heterocycles. The highest BCUT2D eigenvalue weighted by molar-refractivity contribution is 5.43. The molecule has 0 atom stereocenters. The molecular formula is C22H23F2N. The third kappa shape index (κ3) is 3.87. The Bertz CT molecular complexity index is 751. The van der Waals surface area contributed by atoms with E-state index in [1.165, 1.54) is 17.7 Å². The highest BCUT2D eigenvalue weighted by Gasteiger charge is 2.32. The van der Waals surface area contributed by atoms with E-state index in [0.717, 1.165) is 25.7 Å². The highest BCUT2D eigenvalue weighted by atomic mass is 19.1. The lowest BCUT2D eigenvalue weighted by Gasteiger charge is -2.32. The van der Waals surface area contributed by atoms with Crippen molar-refractivity contribution in [1.29, 1.82) is 0 Å². The first-order valence-corrected chi connectivity index (χ1v) is 8.91. The maximum Gasteiger partial charge on any atom is 0.219 e. The summed E-state index contributed by atoms with van der Waals surface area (Å²) in [6.07, 6.45) is 12.3. The van der Waals surface area contributed by atoms with Crippen molar-refractivity contribution in [2.45, 2.75) is 43.9 Å². The number of nitrogens with zero attached hydrogens (tertiary/aromatic N) is 1. The van der Waals surface area contributed by atoms with Gasteiger partial charge < -0.3 is 0 Å². The quantitative estimate of drug-likeness (QED) is 0.353. The van der Waals surface area contributed by atoms with Gasteiger partial charge in [-0.25, -0.2) is 0 Å². The van der Waals surface area contributed by atoms with E-state index in [1.54, 1.807) is 0 Å². The molecule has 0 unspecified atom stereocenters. The number of hydrogen-bond donors (Lipinski definition) is 0. The molecule has 0 aliphatic heterocycles. The van der Waals surface area contributed by atoms with Crippen LogP contribution in [0.15, 0.2) is 66.8 Å². The average Bonchev–Trinajstić information content (AvgIpc) is 2.63. The fourth-order valence-electron chi connectivity index (χ4n) is 3.48. The summed E-state index contributed by atoms with van der Waals surface area (Å²) in [6, 6.07) is 13.0. The number of rotatable bonds is 6. The van der Waals surface area contributed by atoms with Gasteiger partial charge in [0.2, 0.25) is 11.9 Å². The monoisotopic (exact) mass is 339 g/mol. The van der Waals surface area contributed by atoms with E-state index in [4.69, 9.17) is 0 Å². The topological polar surface area (TPSA) is 12.9 Å². The molecule has 0 radical (unpaired) electrons. The van der Waals surface area contributed by atoms with E-state index in [1.807, 2.05) is 18.2 Å². The smallest absolute Gasteiger partial charge is 0.190 e. The van der Waals surface area contributed by atoms with Gasteiger partial charge in [0.25, 0.3) is 0 Å². The Labute approximate surface area is 148 Å². The molecule has 1 nitrogen and oxygen atoms in total. The molecule has 1 aromatic carbocycles. The molecule has 3 heteroatoms. The van der Waals surface area contributed by atoms with Crippen molar-refractivity contribution < 1.29 is 8.78 Å². The Morgan fingerprint density at radius 3 is 2.32 bits per heavy atom. The number of hydrogen-bond acceptors (Lipinski definition) is 1. The van der Waals surface area contributed by atoms with Crippen molar-refractivity contribution in [3.63, 3.8) is 0 Å². The molecule has 3 rings (SSSR count). The van der Waals surface area contributed by atoms with Gasteiger partial charge in [0.15, 0.2) is 0 Å². The van der Waals surface area contributed by atoms with E-state index >= 15 is 0 Å². The number of unbranched alkanes of at least 4 members (excludes halogenated alkanes) is 2. The first-order chi connectivity index (χ1) is 12.1. The molecule has 0 fully saturated rings. The second-order valence-corrected chi connectivity index (χ2v) is 6.62. The molecule has 1 aliphatic rings. The van der Waals surface area contributed by atoms with Gasteiger partial charge in [-0.3, -0.25) is 0 Å². The first kappa shape index (κ1) is 17.5. The van der Waals surface area contributed by atoms with Crippen LogP contribution in [0.2, 0.25) is 0 Å². The second kappa shape index (κ2) is 7.73. The number of aromatic nitrogens is 1.